The summed E-state index contributed by atoms with van der Waals surface area (Å²) in [6.45, 7) is 7.46. The first-order chi connectivity index (χ1) is 6.97. The fraction of sp³-hybridized carbons (Fsp3) is 0.538. The number of nitrogens with zero attached hydrogens (tertiary/aromatic N) is 1. The van der Waals surface area contributed by atoms with Crippen LogP contribution in [0.25, 0.3) is 0 Å². The van der Waals surface area contributed by atoms with Crippen LogP contribution in [0.4, 0.5) is 5.69 Å². The number of rotatable bonds is 4. The highest BCUT2D eigenvalue weighted by Gasteiger charge is 2.01. The van der Waals surface area contributed by atoms with Crippen LogP contribution in [-0.4, -0.2) is 25.0 Å². The van der Waals surface area contributed by atoms with Crippen LogP contribution < -0.4 is 5.32 Å². The maximum Gasteiger partial charge on any atom is 0.0348 e. The SMILES string of the molecule is Cc1cc(CN(C)C)cc(NC(C)C)c1. The van der Waals surface area contributed by atoms with Gasteiger partial charge in [0.05, 0.1) is 0 Å². The topological polar surface area (TPSA) is 15.3 Å². The van der Waals surface area contributed by atoms with E-state index >= 15 is 0 Å². The van der Waals surface area contributed by atoms with Crippen LogP contribution in [0.15, 0.2) is 18.2 Å². The Morgan fingerprint density at radius 2 is 1.87 bits per heavy atom. The van der Waals surface area contributed by atoms with E-state index < -0.39 is 0 Å². The van der Waals surface area contributed by atoms with Gasteiger partial charge in [-0.05, 0) is 58.1 Å². The highest BCUT2D eigenvalue weighted by Crippen LogP contribution is 2.16. The van der Waals surface area contributed by atoms with E-state index in [2.05, 4.69) is 63.3 Å². The zero-order chi connectivity index (χ0) is 11.4. The molecule has 2 nitrogen and oxygen atoms in total. The first-order valence-corrected chi connectivity index (χ1v) is 5.49. The third-order valence-corrected chi connectivity index (χ3v) is 2.09. The van der Waals surface area contributed by atoms with E-state index in [0.717, 1.165) is 6.54 Å². The molecule has 0 saturated heterocycles. The molecule has 0 atom stereocenters. The zero-order valence-electron chi connectivity index (χ0n) is 10.5. The summed E-state index contributed by atoms with van der Waals surface area (Å²) >= 11 is 0. The summed E-state index contributed by atoms with van der Waals surface area (Å²) in [5, 5.41) is 3.44. The number of aryl methyl sites for hydroxylation is 1. The van der Waals surface area contributed by atoms with E-state index in [9.17, 15) is 0 Å². The summed E-state index contributed by atoms with van der Waals surface area (Å²) in [5.41, 5.74) is 3.91. The normalized spacial score (nSPS) is 11.1. The van der Waals surface area contributed by atoms with Gasteiger partial charge in [-0.1, -0.05) is 6.07 Å². The Kier molecular flexibility index (Phi) is 4.15. The lowest BCUT2D eigenvalue weighted by atomic mass is 10.1. The Bertz CT molecular complexity index is 288. The fourth-order valence-corrected chi connectivity index (χ4v) is 1.74. The average Bonchev–Trinajstić information content (AvgIpc) is 1.98. The Hall–Kier alpha value is -1.02. The van der Waals surface area contributed by atoms with Crippen molar-refractivity contribution in [1.29, 1.82) is 0 Å². The molecule has 0 aliphatic rings. The van der Waals surface area contributed by atoms with Crippen LogP contribution >= 0.6 is 0 Å². The lowest BCUT2D eigenvalue weighted by Gasteiger charge is -2.15. The number of hydrogen-bond donors (Lipinski definition) is 1. The number of hydrogen-bond acceptors (Lipinski definition) is 2. The molecule has 0 fully saturated rings. The third kappa shape index (κ3) is 4.34. The first kappa shape index (κ1) is 12.1. The van der Waals surface area contributed by atoms with Gasteiger partial charge in [-0.15, -0.1) is 0 Å². The van der Waals surface area contributed by atoms with Crippen LogP contribution in [0.1, 0.15) is 25.0 Å². The molecule has 1 aromatic rings. The molecular formula is C13H22N2. The summed E-state index contributed by atoms with van der Waals surface area (Å²) < 4.78 is 0. The summed E-state index contributed by atoms with van der Waals surface area (Å²) in [6, 6.07) is 7.15. The Morgan fingerprint density at radius 3 is 2.40 bits per heavy atom. The van der Waals surface area contributed by atoms with Crippen LogP contribution in [0.2, 0.25) is 0 Å². The van der Waals surface area contributed by atoms with E-state index in [1.54, 1.807) is 0 Å². The minimum absolute atomic E-state index is 0.485. The number of anilines is 1. The molecule has 0 radical (unpaired) electrons. The van der Waals surface area contributed by atoms with Crippen LogP contribution in [-0.2, 0) is 6.54 Å². The molecule has 0 aliphatic carbocycles. The summed E-state index contributed by atoms with van der Waals surface area (Å²) in [4.78, 5) is 2.19. The Morgan fingerprint density at radius 1 is 1.20 bits per heavy atom. The van der Waals surface area contributed by atoms with Gasteiger partial charge in [0, 0.05) is 18.3 Å². The molecule has 2 heteroatoms. The molecule has 0 unspecified atom stereocenters. The first-order valence-electron chi connectivity index (χ1n) is 5.49. The molecule has 0 amide bonds. The minimum Gasteiger partial charge on any atom is -0.383 e. The molecule has 15 heavy (non-hydrogen) atoms. The lowest BCUT2D eigenvalue weighted by Crippen LogP contribution is -2.13. The van der Waals surface area contributed by atoms with Crippen molar-refractivity contribution in [2.75, 3.05) is 19.4 Å². The maximum atomic E-state index is 3.44. The highest BCUT2D eigenvalue weighted by atomic mass is 15.0. The third-order valence-electron chi connectivity index (χ3n) is 2.09. The molecule has 0 heterocycles. The van der Waals surface area contributed by atoms with E-state index in [1.807, 2.05) is 0 Å². The van der Waals surface area contributed by atoms with Crippen molar-refractivity contribution in [1.82, 2.24) is 4.90 Å². The molecule has 1 rings (SSSR count). The van der Waals surface area contributed by atoms with Gasteiger partial charge in [-0.3, -0.25) is 0 Å². The second kappa shape index (κ2) is 5.17. The van der Waals surface area contributed by atoms with Crippen LogP contribution in [0.3, 0.4) is 0 Å². The molecule has 0 aliphatic heterocycles. The van der Waals surface area contributed by atoms with E-state index in [4.69, 9.17) is 0 Å². The summed E-state index contributed by atoms with van der Waals surface area (Å²) in [6.07, 6.45) is 0. The van der Waals surface area contributed by atoms with Gasteiger partial charge in [0.25, 0.3) is 0 Å². The fourth-order valence-electron chi connectivity index (χ4n) is 1.74. The van der Waals surface area contributed by atoms with Gasteiger partial charge in [-0.25, -0.2) is 0 Å². The largest absolute Gasteiger partial charge is 0.383 e. The molecule has 0 saturated carbocycles. The quantitative estimate of drug-likeness (QED) is 0.815. The second-order valence-electron chi connectivity index (χ2n) is 4.74. The summed E-state index contributed by atoms with van der Waals surface area (Å²) in [7, 11) is 4.19. The van der Waals surface area contributed by atoms with Crippen LogP contribution in [0.5, 0.6) is 0 Å². The second-order valence-corrected chi connectivity index (χ2v) is 4.74. The Labute approximate surface area is 93.3 Å². The molecule has 1 N–H and O–H groups in total. The van der Waals surface area contributed by atoms with Crippen molar-refractivity contribution in [2.24, 2.45) is 0 Å². The van der Waals surface area contributed by atoms with Gasteiger partial charge < -0.3 is 10.2 Å². The molecular weight excluding hydrogens is 184 g/mol. The average molecular weight is 206 g/mol. The predicted octanol–water partition coefficient (Wildman–Crippen LogP) is 2.88. The smallest absolute Gasteiger partial charge is 0.0348 e. The van der Waals surface area contributed by atoms with Crippen molar-refractivity contribution < 1.29 is 0 Å². The van der Waals surface area contributed by atoms with Gasteiger partial charge in [0.15, 0.2) is 0 Å². The van der Waals surface area contributed by atoms with Crippen LogP contribution in [0, 0.1) is 6.92 Å². The van der Waals surface area contributed by atoms with E-state index in [1.165, 1.54) is 16.8 Å². The summed E-state index contributed by atoms with van der Waals surface area (Å²) in [5.74, 6) is 0. The van der Waals surface area contributed by atoms with Crippen molar-refractivity contribution in [3.05, 3.63) is 29.3 Å². The molecule has 0 bridgehead atoms. The molecule has 1 aromatic carbocycles. The van der Waals surface area contributed by atoms with Crippen molar-refractivity contribution >= 4 is 5.69 Å². The zero-order valence-corrected chi connectivity index (χ0v) is 10.5. The minimum atomic E-state index is 0.485. The standard InChI is InChI=1S/C13H22N2/c1-10(2)14-13-7-11(3)6-12(8-13)9-15(4)5/h6-8,10,14H,9H2,1-5H3. The molecule has 0 spiro atoms. The Balaban J connectivity index is 2.84. The van der Waals surface area contributed by atoms with Crippen molar-refractivity contribution in [3.8, 4) is 0 Å². The van der Waals surface area contributed by atoms with E-state index in [0.29, 0.717) is 6.04 Å². The lowest BCUT2D eigenvalue weighted by molar-refractivity contribution is 0.402. The maximum absolute atomic E-state index is 3.44. The monoisotopic (exact) mass is 206 g/mol. The van der Waals surface area contributed by atoms with E-state index in [-0.39, 0.29) is 0 Å². The van der Waals surface area contributed by atoms with Gasteiger partial charge >= 0.3 is 0 Å². The number of nitrogens with one attached hydrogen (secondary N) is 1. The molecule has 84 valence electrons. The predicted molar refractivity (Wildman–Crippen MR) is 67.3 cm³/mol. The van der Waals surface area contributed by atoms with Crippen molar-refractivity contribution in [2.45, 2.75) is 33.4 Å². The number of benzene rings is 1. The van der Waals surface area contributed by atoms with Crippen molar-refractivity contribution in [3.63, 3.8) is 0 Å². The van der Waals surface area contributed by atoms with Gasteiger partial charge in [0.2, 0.25) is 0 Å². The van der Waals surface area contributed by atoms with Gasteiger partial charge in [-0.2, -0.15) is 0 Å². The highest BCUT2D eigenvalue weighted by molar-refractivity contribution is 5.49. The molecule has 0 aromatic heterocycles. The van der Waals surface area contributed by atoms with Gasteiger partial charge in [0.1, 0.15) is 0 Å².